The minimum Gasteiger partial charge on any atom is -0.493 e. The second kappa shape index (κ2) is 10.3. The molecule has 1 aromatic rings. The van der Waals surface area contributed by atoms with E-state index in [0.717, 1.165) is 0 Å². The zero-order valence-electron chi connectivity index (χ0n) is 14.3. The number of amides is 2. The molecule has 0 saturated heterocycles. The Labute approximate surface area is 145 Å². The molecule has 25 heavy (non-hydrogen) atoms. The first kappa shape index (κ1) is 20.4. The lowest BCUT2D eigenvalue weighted by Gasteiger charge is -2.10. The summed E-state index contributed by atoms with van der Waals surface area (Å²) in [6.07, 6.45) is 2.81. The van der Waals surface area contributed by atoms with Crippen LogP contribution in [-0.4, -0.2) is 38.6 Å². The molecule has 0 fully saturated rings. The normalized spacial score (nSPS) is 11.0. The standard InChI is InChI=1S/C17H22F2N2O4/c1-11(2)16(23)21-9-8-20-15(22)7-5-12-4-6-13(25-17(18)19)14(10-12)24-3/h4-7,10-11,17H,8-9H2,1-3H3,(H,20,22)(H,21,23). The van der Waals surface area contributed by atoms with Crippen LogP contribution in [0.4, 0.5) is 8.78 Å². The number of halogens is 2. The number of carbonyl (C=O) groups excluding carboxylic acids is 2. The van der Waals surface area contributed by atoms with Crippen LogP contribution >= 0.6 is 0 Å². The van der Waals surface area contributed by atoms with Crippen LogP contribution in [-0.2, 0) is 9.59 Å². The average Bonchev–Trinajstić information content (AvgIpc) is 2.56. The highest BCUT2D eigenvalue weighted by atomic mass is 19.3. The number of alkyl halides is 2. The average molecular weight is 356 g/mol. The second-order valence-corrected chi connectivity index (χ2v) is 5.36. The van der Waals surface area contributed by atoms with Crippen LogP contribution < -0.4 is 20.1 Å². The van der Waals surface area contributed by atoms with Crippen molar-refractivity contribution in [1.82, 2.24) is 10.6 Å². The molecule has 0 spiro atoms. The summed E-state index contributed by atoms with van der Waals surface area (Å²) in [6, 6.07) is 4.33. The van der Waals surface area contributed by atoms with Crippen LogP contribution in [0.3, 0.4) is 0 Å². The van der Waals surface area contributed by atoms with Crippen molar-refractivity contribution < 1.29 is 27.8 Å². The van der Waals surface area contributed by atoms with E-state index in [1.54, 1.807) is 13.8 Å². The lowest BCUT2D eigenvalue weighted by Crippen LogP contribution is -2.35. The molecular formula is C17H22F2N2O4. The summed E-state index contributed by atoms with van der Waals surface area (Å²) in [5, 5.41) is 5.30. The zero-order valence-corrected chi connectivity index (χ0v) is 14.3. The van der Waals surface area contributed by atoms with E-state index in [-0.39, 0.29) is 29.2 Å². The first-order chi connectivity index (χ1) is 11.8. The Balaban J connectivity index is 2.51. The molecule has 2 N–H and O–H groups in total. The van der Waals surface area contributed by atoms with Gasteiger partial charge in [-0.3, -0.25) is 9.59 Å². The molecule has 0 aromatic heterocycles. The SMILES string of the molecule is COc1cc(C=CC(=O)NCCNC(=O)C(C)C)ccc1OC(F)F. The third-order valence-corrected chi connectivity index (χ3v) is 3.08. The number of ether oxygens (including phenoxy) is 2. The van der Waals surface area contributed by atoms with Gasteiger partial charge in [-0.25, -0.2) is 0 Å². The van der Waals surface area contributed by atoms with Crippen LogP contribution in [0.1, 0.15) is 19.4 Å². The first-order valence-corrected chi connectivity index (χ1v) is 7.70. The van der Waals surface area contributed by atoms with Gasteiger partial charge in [-0.1, -0.05) is 19.9 Å². The third-order valence-electron chi connectivity index (χ3n) is 3.08. The molecule has 8 heteroatoms. The monoisotopic (exact) mass is 356 g/mol. The van der Waals surface area contributed by atoms with Gasteiger partial charge in [-0.2, -0.15) is 8.78 Å². The van der Waals surface area contributed by atoms with Gasteiger partial charge >= 0.3 is 6.61 Å². The summed E-state index contributed by atoms with van der Waals surface area (Å²) >= 11 is 0. The van der Waals surface area contributed by atoms with Gasteiger partial charge in [0, 0.05) is 25.1 Å². The molecule has 0 saturated carbocycles. The number of nitrogens with one attached hydrogen (secondary N) is 2. The third kappa shape index (κ3) is 7.65. The molecule has 0 unspecified atom stereocenters. The molecule has 0 aliphatic heterocycles. The lowest BCUT2D eigenvalue weighted by molar-refractivity contribution is -0.124. The van der Waals surface area contributed by atoms with Crippen molar-refractivity contribution in [2.75, 3.05) is 20.2 Å². The fourth-order valence-electron chi connectivity index (χ4n) is 1.79. The number of benzene rings is 1. The van der Waals surface area contributed by atoms with Gasteiger partial charge < -0.3 is 20.1 Å². The molecule has 1 aromatic carbocycles. The number of carbonyl (C=O) groups is 2. The molecule has 0 radical (unpaired) electrons. The minimum atomic E-state index is -2.95. The van der Waals surface area contributed by atoms with Crippen molar-refractivity contribution in [2.24, 2.45) is 5.92 Å². The Bertz CT molecular complexity index is 619. The number of methoxy groups -OCH3 is 1. The maximum atomic E-state index is 12.3. The highest BCUT2D eigenvalue weighted by molar-refractivity contribution is 5.91. The van der Waals surface area contributed by atoms with Crippen LogP contribution in [0.25, 0.3) is 6.08 Å². The molecule has 0 atom stereocenters. The Morgan fingerprint density at radius 2 is 1.84 bits per heavy atom. The van der Waals surface area contributed by atoms with E-state index in [1.165, 1.54) is 37.5 Å². The molecule has 0 heterocycles. The Morgan fingerprint density at radius 3 is 2.44 bits per heavy atom. The second-order valence-electron chi connectivity index (χ2n) is 5.36. The van der Waals surface area contributed by atoms with Gasteiger partial charge in [-0.15, -0.1) is 0 Å². The van der Waals surface area contributed by atoms with Gasteiger partial charge in [0.15, 0.2) is 11.5 Å². The van der Waals surface area contributed by atoms with Gasteiger partial charge in [0.2, 0.25) is 11.8 Å². The Hall–Kier alpha value is -2.64. The smallest absolute Gasteiger partial charge is 0.387 e. The summed E-state index contributed by atoms with van der Waals surface area (Å²) in [7, 11) is 1.33. The number of rotatable bonds is 9. The lowest BCUT2D eigenvalue weighted by atomic mass is 10.2. The van der Waals surface area contributed by atoms with Crippen molar-refractivity contribution in [3.05, 3.63) is 29.8 Å². The summed E-state index contributed by atoms with van der Waals surface area (Å²) in [4.78, 5) is 23.0. The van der Waals surface area contributed by atoms with E-state index in [4.69, 9.17) is 4.74 Å². The van der Waals surface area contributed by atoms with Crippen LogP contribution in [0.5, 0.6) is 11.5 Å². The largest absolute Gasteiger partial charge is 0.493 e. The maximum Gasteiger partial charge on any atom is 0.387 e. The maximum absolute atomic E-state index is 12.3. The fourth-order valence-corrected chi connectivity index (χ4v) is 1.79. The van der Waals surface area contributed by atoms with E-state index < -0.39 is 6.61 Å². The van der Waals surface area contributed by atoms with Gasteiger partial charge in [0.1, 0.15) is 0 Å². The summed E-state index contributed by atoms with van der Waals surface area (Å²) < 4.78 is 33.8. The van der Waals surface area contributed by atoms with E-state index in [9.17, 15) is 18.4 Å². The summed E-state index contributed by atoms with van der Waals surface area (Å²) in [6.45, 7) is 1.25. The van der Waals surface area contributed by atoms with Gasteiger partial charge in [0.05, 0.1) is 7.11 Å². The van der Waals surface area contributed by atoms with Crippen molar-refractivity contribution in [2.45, 2.75) is 20.5 Å². The molecule has 1 rings (SSSR count). The predicted molar refractivity (Wildman–Crippen MR) is 89.5 cm³/mol. The van der Waals surface area contributed by atoms with E-state index in [0.29, 0.717) is 18.7 Å². The summed E-state index contributed by atoms with van der Waals surface area (Å²) in [5.74, 6) is -0.476. The van der Waals surface area contributed by atoms with Crippen LogP contribution in [0, 0.1) is 5.92 Å². The Morgan fingerprint density at radius 1 is 1.16 bits per heavy atom. The molecule has 138 valence electrons. The highest BCUT2D eigenvalue weighted by Crippen LogP contribution is 2.29. The summed E-state index contributed by atoms with van der Waals surface area (Å²) in [5.41, 5.74) is 0.585. The van der Waals surface area contributed by atoms with Crippen molar-refractivity contribution >= 4 is 17.9 Å². The highest BCUT2D eigenvalue weighted by Gasteiger charge is 2.10. The molecule has 6 nitrogen and oxygen atoms in total. The van der Waals surface area contributed by atoms with E-state index >= 15 is 0 Å². The predicted octanol–water partition coefficient (Wildman–Crippen LogP) is 2.20. The fraction of sp³-hybridized carbons (Fsp3) is 0.412. The van der Waals surface area contributed by atoms with Crippen molar-refractivity contribution in [3.8, 4) is 11.5 Å². The number of hydrogen-bond acceptors (Lipinski definition) is 4. The van der Waals surface area contributed by atoms with E-state index in [2.05, 4.69) is 15.4 Å². The van der Waals surface area contributed by atoms with Gasteiger partial charge in [0.25, 0.3) is 0 Å². The molecular weight excluding hydrogens is 334 g/mol. The van der Waals surface area contributed by atoms with Crippen molar-refractivity contribution in [3.63, 3.8) is 0 Å². The van der Waals surface area contributed by atoms with E-state index in [1.807, 2.05) is 0 Å². The molecule has 0 bridgehead atoms. The van der Waals surface area contributed by atoms with Crippen molar-refractivity contribution in [1.29, 1.82) is 0 Å². The quantitative estimate of drug-likeness (QED) is 0.525. The molecule has 0 aliphatic rings. The first-order valence-electron chi connectivity index (χ1n) is 7.70. The topological polar surface area (TPSA) is 76.7 Å². The van der Waals surface area contributed by atoms with Crippen LogP contribution in [0.2, 0.25) is 0 Å². The minimum absolute atomic E-state index is 0.0806. The molecule has 2 amide bonds. The zero-order chi connectivity index (χ0) is 18.8. The van der Waals surface area contributed by atoms with Gasteiger partial charge in [-0.05, 0) is 23.8 Å². The number of hydrogen-bond donors (Lipinski definition) is 2. The van der Waals surface area contributed by atoms with Crippen LogP contribution in [0.15, 0.2) is 24.3 Å². The molecule has 0 aliphatic carbocycles. The Kier molecular flexibility index (Phi) is 8.38.